The summed E-state index contributed by atoms with van der Waals surface area (Å²) in [5.41, 5.74) is 1.37. The predicted molar refractivity (Wildman–Crippen MR) is 74.6 cm³/mol. The fourth-order valence-electron chi connectivity index (χ4n) is 2.43. The number of methoxy groups -OCH3 is 1. The van der Waals surface area contributed by atoms with Gasteiger partial charge in [-0.15, -0.1) is 11.6 Å². The number of morpholine rings is 1. The molecule has 0 N–H and O–H groups in total. The van der Waals surface area contributed by atoms with Crippen molar-refractivity contribution in [3.8, 4) is 5.75 Å². The molecule has 2 aromatic rings. The van der Waals surface area contributed by atoms with Crippen molar-refractivity contribution < 1.29 is 13.9 Å². The highest BCUT2D eigenvalue weighted by atomic mass is 35.5. The van der Waals surface area contributed by atoms with Gasteiger partial charge in [0.1, 0.15) is 5.82 Å². The fraction of sp³-hybridized carbons (Fsp3) is 0.462. The van der Waals surface area contributed by atoms with Gasteiger partial charge < -0.3 is 14.5 Å². The molecule has 1 aromatic heterocycles. The first-order valence-corrected chi connectivity index (χ1v) is 6.92. The van der Waals surface area contributed by atoms with Gasteiger partial charge in [-0.25, -0.2) is 14.1 Å². The van der Waals surface area contributed by atoms with E-state index in [0.717, 1.165) is 18.6 Å². The number of alkyl halides is 1. The first-order chi connectivity index (χ1) is 9.74. The molecule has 0 bridgehead atoms. The molecular formula is C13H15ClFN3O2. The third kappa shape index (κ3) is 2.19. The Bertz CT molecular complexity index is 626. The summed E-state index contributed by atoms with van der Waals surface area (Å²) in [5, 5.41) is 2.11. The molecular weight excluding hydrogens is 285 g/mol. The molecule has 3 rings (SSSR count). The van der Waals surface area contributed by atoms with Crippen molar-refractivity contribution in [2.75, 3.05) is 38.4 Å². The molecule has 1 aromatic carbocycles. The van der Waals surface area contributed by atoms with Crippen LogP contribution in [0, 0.1) is 5.82 Å². The number of rotatable bonds is 3. The summed E-state index contributed by atoms with van der Waals surface area (Å²) < 4.78 is 26.1. The minimum absolute atomic E-state index is 0.202. The van der Waals surface area contributed by atoms with Crippen molar-refractivity contribution in [3.05, 3.63) is 23.8 Å². The van der Waals surface area contributed by atoms with Gasteiger partial charge in [-0.2, -0.15) is 0 Å². The Labute approximate surface area is 120 Å². The molecule has 108 valence electrons. The zero-order chi connectivity index (χ0) is 14.1. The van der Waals surface area contributed by atoms with Crippen molar-refractivity contribution >= 4 is 22.6 Å². The van der Waals surface area contributed by atoms with E-state index in [0.29, 0.717) is 24.6 Å². The Hall–Kier alpha value is -1.53. The largest absolute Gasteiger partial charge is 0.494 e. The first-order valence-electron chi connectivity index (χ1n) is 6.38. The van der Waals surface area contributed by atoms with Gasteiger partial charge in [0.15, 0.2) is 11.6 Å². The van der Waals surface area contributed by atoms with E-state index in [4.69, 9.17) is 21.1 Å². The van der Waals surface area contributed by atoms with Crippen LogP contribution in [0.2, 0.25) is 0 Å². The molecule has 1 saturated heterocycles. The normalized spacial score (nSPS) is 15.8. The molecule has 0 amide bonds. The quantitative estimate of drug-likeness (QED) is 0.812. The molecule has 0 radical (unpaired) electrons. The van der Waals surface area contributed by atoms with E-state index in [9.17, 15) is 4.39 Å². The summed E-state index contributed by atoms with van der Waals surface area (Å²) >= 11 is 5.97. The third-order valence-electron chi connectivity index (χ3n) is 3.36. The Balaban J connectivity index is 2.16. The average molecular weight is 300 g/mol. The number of hydrogen-bond acceptors (Lipinski definition) is 4. The van der Waals surface area contributed by atoms with Gasteiger partial charge >= 0.3 is 0 Å². The highest BCUT2D eigenvalue weighted by molar-refractivity contribution is 6.16. The maximum absolute atomic E-state index is 13.8. The molecule has 0 saturated carbocycles. The Morgan fingerprint density at radius 1 is 1.40 bits per heavy atom. The van der Waals surface area contributed by atoms with Gasteiger partial charge in [0.2, 0.25) is 0 Å². The van der Waals surface area contributed by atoms with Crippen LogP contribution in [0.3, 0.4) is 0 Å². The molecule has 2 heterocycles. The van der Waals surface area contributed by atoms with Crippen molar-refractivity contribution in [2.24, 2.45) is 0 Å². The van der Waals surface area contributed by atoms with Crippen molar-refractivity contribution in [3.63, 3.8) is 0 Å². The van der Waals surface area contributed by atoms with E-state index < -0.39 is 5.82 Å². The first kappa shape index (κ1) is 13.5. The minimum Gasteiger partial charge on any atom is -0.494 e. The van der Waals surface area contributed by atoms with Gasteiger partial charge in [0, 0.05) is 12.1 Å². The lowest BCUT2D eigenvalue weighted by atomic mass is 10.3. The van der Waals surface area contributed by atoms with Crippen LogP contribution in [0.5, 0.6) is 5.75 Å². The number of aromatic nitrogens is 2. The molecule has 1 aliphatic rings. The zero-order valence-corrected chi connectivity index (χ0v) is 11.9. The lowest BCUT2D eigenvalue weighted by Gasteiger charge is -2.31. The van der Waals surface area contributed by atoms with Crippen molar-refractivity contribution in [1.82, 2.24) is 9.66 Å². The highest BCUT2D eigenvalue weighted by Crippen LogP contribution is 2.26. The van der Waals surface area contributed by atoms with Gasteiger partial charge in [-0.3, -0.25) is 0 Å². The lowest BCUT2D eigenvalue weighted by molar-refractivity contribution is 0.111. The average Bonchev–Trinajstić information content (AvgIpc) is 2.84. The number of halogens is 2. The van der Waals surface area contributed by atoms with Crippen LogP contribution >= 0.6 is 11.6 Å². The fourth-order valence-corrected chi connectivity index (χ4v) is 2.60. The number of nitrogens with zero attached hydrogens (tertiary/aromatic N) is 3. The smallest absolute Gasteiger partial charge is 0.167 e. The Morgan fingerprint density at radius 2 is 2.15 bits per heavy atom. The monoisotopic (exact) mass is 299 g/mol. The minimum atomic E-state index is -0.423. The predicted octanol–water partition coefficient (Wildman–Crippen LogP) is 1.89. The molecule has 0 atom stereocenters. The van der Waals surface area contributed by atoms with Crippen molar-refractivity contribution in [1.29, 1.82) is 0 Å². The van der Waals surface area contributed by atoms with Crippen LogP contribution in [0.4, 0.5) is 4.39 Å². The van der Waals surface area contributed by atoms with E-state index in [-0.39, 0.29) is 11.6 Å². The molecule has 1 aliphatic heterocycles. The van der Waals surface area contributed by atoms with E-state index in [1.165, 1.54) is 13.2 Å². The molecule has 20 heavy (non-hydrogen) atoms. The van der Waals surface area contributed by atoms with Crippen LogP contribution < -0.4 is 9.75 Å². The summed E-state index contributed by atoms with van der Waals surface area (Å²) in [6, 6.07) is 3.03. The SMILES string of the molecule is COc1cc2c(cc1F)nc(CCl)n2N1CCOCC1. The maximum Gasteiger partial charge on any atom is 0.167 e. The number of hydrogen-bond donors (Lipinski definition) is 0. The van der Waals surface area contributed by atoms with Crippen LogP contribution in [-0.4, -0.2) is 43.1 Å². The van der Waals surface area contributed by atoms with E-state index >= 15 is 0 Å². The number of ether oxygens (including phenoxy) is 2. The lowest BCUT2D eigenvalue weighted by Crippen LogP contribution is -2.44. The second kappa shape index (κ2) is 5.46. The molecule has 0 aliphatic carbocycles. The van der Waals surface area contributed by atoms with E-state index in [1.54, 1.807) is 6.07 Å². The molecule has 0 spiro atoms. The Kier molecular flexibility index (Phi) is 3.67. The topological polar surface area (TPSA) is 39.5 Å². The highest BCUT2D eigenvalue weighted by Gasteiger charge is 2.20. The summed E-state index contributed by atoms with van der Waals surface area (Å²) in [6.07, 6.45) is 0. The number of fused-ring (bicyclic) bond motifs is 1. The van der Waals surface area contributed by atoms with Crippen LogP contribution in [0.25, 0.3) is 11.0 Å². The summed E-state index contributed by atoms with van der Waals surface area (Å²) in [5.74, 6) is 0.729. The number of imidazole rings is 1. The van der Waals surface area contributed by atoms with E-state index in [1.807, 2.05) is 4.68 Å². The second-order valence-electron chi connectivity index (χ2n) is 4.51. The summed E-state index contributed by atoms with van der Waals surface area (Å²) in [4.78, 5) is 4.40. The molecule has 7 heteroatoms. The van der Waals surface area contributed by atoms with E-state index in [2.05, 4.69) is 9.99 Å². The molecule has 5 nitrogen and oxygen atoms in total. The maximum atomic E-state index is 13.8. The third-order valence-corrected chi connectivity index (χ3v) is 3.60. The standard InChI is InChI=1S/C13H15ClFN3O2/c1-19-12-7-11-10(6-9(12)15)16-13(8-14)18(11)17-2-4-20-5-3-17/h6-7H,2-5,8H2,1H3. The van der Waals surface area contributed by atoms with Crippen LogP contribution in [0.15, 0.2) is 12.1 Å². The Morgan fingerprint density at radius 3 is 2.80 bits per heavy atom. The summed E-state index contributed by atoms with van der Waals surface area (Å²) in [6.45, 7) is 2.80. The van der Waals surface area contributed by atoms with Crippen LogP contribution in [0.1, 0.15) is 5.82 Å². The number of benzene rings is 1. The van der Waals surface area contributed by atoms with Gasteiger partial charge in [0.05, 0.1) is 50.3 Å². The zero-order valence-electron chi connectivity index (χ0n) is 11.1. The summed E-state index contributed by atoms with van der Waals surface area (Å²) in [7, 11) is 1.45. The van der Waals surface area contributed by atoms with Gasteiger partial charge in [-0.1, -0.05) is 0 Å². The van der Waals surface area contributed by atoms with Crippen molar-refractivity contribution in [2.45, 2.75) is 5.88 Å². The second-order valence-corrected chi connectivity index (χ2v) is 4.78. The molecule has 0 unspecified atom stereocenters. The van der Waals surface area contributed by atoms with Gasteiger partial charge in [-0.05, 0) is 0 Å². The van der Waals surface area contributed by atoms with Gasteiger partial charge in [0.25, 0.3) is 0 Å². The van der Waals surface area contributed by atoms with Crippen LogP contribution in [-0.2, 0) is 10.6 Å². The molecule has 1 fully saturated rings.